The number of ketones is 1. The summed E-state index contributed by atoms with van der Waals surface area (Å²) in [5.41, 5.74) is -1.92. The summed E-state index contributed by atoms with van der Waals surface area (Å²) in [5, 5.41) is 28.6. The van der Waals surface area contributed by atoms with E-state index in [2.05, 4.69) is 14.9 Å². The number of rotatable bonds is 14. The minimum absolute atomic E-state index is 0.0208. The molecule has 2 atom stereocenters. The number of nitrogens with zero attached hydrogens (tertiary/aromatic N) is 4. The summed E-state index contributed by atoms with van der Waals surface area (Å²) in [5.74, 6) is -2.53. The molecule has 0 saturated carbocycles. The predicted octanol–water partition coefficient (Wildman–Crippen LogP) is 2.81. The Bertz CT molecular complexity index is 1200. The molecule has 0 aliphatic carbocycles. The zero-order valence-corrected chi connectivity index (χ0v) is 21.9. The molecule has 0 aliphatic heterocycles. The number of methoxy groups -OCH3 is 3. The molecule has 0 fully saturated rings. The third-order valence-corrected chi connectivity index (χ3v) is 4.86. The first kappa shape index (κ1) is 30.7. The Labute approximate surface area is 221 Å². The Morgan fingerprint density at radius 2 is 1.67 bits per heavy atom. The number of hydrogen-bond donors (Lipinski definition) is 1. The van der Waals surface area contributed by atoms with E-state index in [9.17, 15) is 24.5 Å². The molecule has 1 N–H and O–H groups in total. The quantitative estimate of drug-likeness (QED) is 0.0885. The van der Waals surface area contributed by atoms with E-state index >= 15 is 0 Å². The molecule has 214 valence electrons. The van der Waals surface area contributed by atoms with Gasteiger partial charge in [-0.15, -0.1) is 15.0 Å². The van der Waals surface area contributed by atoms with Crippen molar-refractivity contribution in [1.82, 2.24) is 15.0 Å². The first-order valence-electron chi connectivity index (χ1n) is 11.2. The van der Waals surface area contributed by atoms with Gasteiger partial charge in [-0.25, -0.2) is 9.59 Å². The highest BCUT2D eigenvalue weighted by Crippen LogP contribution is 2.36. The molecule has 0 spiro atoms. The van der Waals surface area contributed by atoms with Gasteiger partial charge in [0.25, 0.3) is 11.6 Å². The molecule has 17 nitrogen and oxygen atoms in total. The van der Waals surface area contributed by atoms with Crippen molar-refractivity contribution in [2.75, 3.05) is 34.5 Å². The Morgan fingerprint density at radius 3 is 2.21 bits per heavy atom. The normalized spacial score (nSPS) is 12.4. The first-order valence-corrected chi connectivity index (χ1v) is 11.2. The number of carbonyl (C=O) groups is 3. The van der Waals surface area contributed by atoms with Crippen LogP contribution in [0.5, 0.6) is 17.4 Å². The van der Waals surface area contributed by atoms with Crippen LogP contribution >= 0.6 is 0 Å². The number of aromatic nitrogens is 3. The maximum Gasteiger partial charge on any atom is 0.512 e. The van der Waals surface area contributed by atoms with Crippen LogP contribution < -0.4 is 14.2 Å². The smallest absolute Gasteiger partial charge is 0.493 e. The van der Waals surface area contributed by atoms with Gasteiger partial charge in [-0.2, -0.15) is 0 Å². The third-order valence-electron chi connectivity index (χ3n) is 4.86. The molecule has 17 heteroatoms. The van der Waals surface area contributed by atoms with Gasteiger partial charge in [0, 0.05) is 19.1 Å². The van der Waals surface area contributed by atoms with E-state index in [1.807, 2.05) is 0 Å². The van der Waals surface area contributed by atoms with Crippen LogP contribution in [0.2, 0.25) is 0 Å². The van der Waals surface area contributed by atoms with Crippen molar-refractivity contribution in [2.24, 2.45) is 5.92 Å². The van der Waals surface area contributed by atoms with Crippen LogP contribution in [0.15, 0.2) is 12.1 Å². The number of benzene rings is 1. The number of ether oxygens (including phenoxy) is 7. The van der Waals surface area contributed by atoms with Gasteiger partial charge < -0.3 is 38.3 Å². The Hall–Kier alpha value is -4.51. The SMILES string of the molecule is COCCOC(C)OC(=O)OC(C(C)C)n1nc(OC(=O)O)c(C(=O)c2cc(OC)c(OC)cc2[N+](=O)[O-])n1. The number of nitro groups is 1. The topological polar surface area (TPSA) is 210 Å². The lowest BCUT2D eigenvalue weighted by Crippen LogP contribution is -2.27. The molecular weight excluding hydrogens is 528 g/mol. The van der Waals surface area contributed by atoms with Crippen LogP contribution in [-0.2, 0) is 18.9 Å². The van der Waals surface area contributed by atoms with E-state index in [1.165, 1.54) is 28.3 Å². The lowest BCUT2D eigenvalue weighted by molar-refractivity contribution is -0.385. The van der Waals surface area contributed by atoms with E-state index in [0.717, 1.165) is 16.9 Å². The molecular formula is C22H28N4O13. The standard InChI is InChI=1S/C22H28N4O13/c1-11(2)20(39-22(30)37-12(3)36-8-7-33-4)25-23-17(19(24-25)38-21(28)29)18(27)13-9-15(34-5)16(35-6)10-14(13)26(31)32/h9-12,20H,7-8H2,1-6H3,(H,28,29). The fraction of sp³-hybridized carbons (Fsp3) is 0.500. The van der Waals surface area contributed by atoms with Crippen molar-refractivity contribution in [2.45, 2.75) is 33.3 Å². The maximum absolute atomic E-state index is 13.4. The second-order valence-electron chi connectivity index (χ2n) is 7.90. The molecule has 0 aliphatic rings. The zero-order chi connectivity index (χ0) is 29.3. The minimum atomic E-state index is -1.85. The Kier molecular flexibility index (Phi) is 10.9. The van der Waals surface area contributed by atoms with Crippen molar-refractivity contribution < 1.29 is 57.6 Å². The van der Waals surface area contributed by atoms with Gasteiger partial charge in [-0.1, -0.05) is 13.8 Å². The highest BCUT2D eigenvalue weighted by molar-refractivity contribution is 6.12. The van der Waals surface area contributed by atoms with E-state index in [1.54, 1.807) is 13.8 Å². The van der Waals surface area contributed by atoms with Crippen molar-refractivity contribution in [1.29, 1.82) is 0 Å². The van der Waals surface area contributed by atoms with Crippen LogP contribution in [0.3, 0.4) is 0 Å². The highest BCUT2D eigenvalue weighted by atomic mass is 16.8. The minimum Gasteiger partial charge on any atom is -0.493 e. The van der Waals surface area contributed by atoms with Crippen molar-refractivity contribution >= 4 is 23.8 Å². The van der Waals surface area contributed by atoms with Crippen LogP contribution in [0, 0.1) is 16.0 Å². The monoisotopic (exact) mass is 556 g/mol. The summed E-state index contributed by atoms with van der Waals surface area (Å²) < 4.78 is 35.1. The molecule has 1 heterocycles. The van der Waals surface area contributed by atoms with Gasteiger partial charge in [0.2, 0.25) is 18.3 Å². The molecule has 0 bridgehead atoms. The van der Waals surface area contributed by atoms with Crippen molar-refractivity contribution in [3.63, 3.8) is 0 Å². The molecule has 39 heavy (non-hydrogen) atoms. The summed E-state index contributed by atoms with van der Waals surface area (Å²) >= 11 is 0. The van der Waals surface area contributed by atoms with Crippen molar-refractivity contribution in [3.8, 4) is 17.4 Å². The summed E-state index contributed by atoms with van der Waals surface area (Å²) in [6, 6.07) is 1.99. The fourth-order valence-electron chi connectivity index (χ4n) is 3.09. The fourth-order valence-corrected chi connectivity index (χ4v) is 3.09. The van der Waals surface area contributed by atoms with Crippen LogP contribution in [0.4, 0.5) is 15.3 Å². The van der Waals surface area contributed by atoms with Gasteiger partial charge in [-0.05, 0) is 6.92 Å². The third kappa shape index (κ3) is 7.99. The molecule has 0 saturated heterocycles. The summed E-state index contributed by atoms with van der Waals surface area (Å²) in [7, 11) is 3.97. The molecule has 2 rings (SSSR count). The maximum atomic E-state index is 13.4. The molecule has 0 radical (unpaired) electrons. The summed E-state index contributed by atoms with van der Waals surface area (Å²) in [6.07, 6.45) is -5.34. The summed E-state index contributed by atoms with van der Waals surface area (Å²) in [6.45, 7) is 5.06. The highest BCUT2D eigenvalue weighted by Gasteiger charge is 2.34. The molecule has 1 aromatic heterocycles. The second-order valence-corrected chi connectivity index (χ2v) is 7.90. The number of carboxylic acid groups (broad SMARTS) is 1. The van der Waals surface area contributed by atoms with Gasteiger partial charge in [0.1, 0.15) is 5.56 Å². The molecule has 2 aromatic rings. The van der Waals surface area contributed by atoms with Crippen molar-refractivity contribution in [3.05, 3.63) is 33.5 Å². The van der Waals surface area contributed by atoms with E-state index in [4.69, 9.17) is 33.5 Å². The van der Waals surface area contributed by atoms with E-state index in [-0.39, 0.29) is 24.7 Å². The second kappa shape index (κ2) is 13.9. The molecule has 2 unspecified atom stereocenters. The van der Waals surface area contributed by atoms with Gasteiger partial charge in [-0.3, -0.25) is 14.9 Å². The van der Waals surface area contributed by atoms with Crippen LogP contribution in [0.25, 0.3) is 0 Å². The number of hydrogen-bond acceptors (Lipinski definition) is 14. The predicted molar refractivity (Wildman–Crippen MR) is 127 cm³/mol. The van der Waals surface area contributed by atoms with Gasteiger partial charge >= 0.3 is 12.3 Å². The largest absolute Gasteiger partial charge is 0.512 e. The van der Waals surface area contributed by atoms with E-state index < -0.39 is 64.3 Å². The Morgan fingerprint density at radius 1 is 1.03 bits per heavy atom. The molecule has 0 amide bonds. The zero-order valence-electron chi connectivity index (χ0n) is 21.9. The summed E-state index contributed by atoms with van der Waals surface area (Å²) in [4.78, 5) is 48.6. The molecule has 1 aromatic carbocycles. The number of nitro benzene ring substituents is 1. The average Bonchev–Trinajstić information content (AvgIpc) is 3.28. The first-order chi connectivity index (χ1) is 18.4. The van der Waals surface area contributed by atoms with Gasteiger partial charge in [0.05, 0.1) is 38.4 Å². The number of carbonyl (C=O) groups excluding carboxylic acids is 2. The average molecular weight is 556 g/mol. The lowest BCUT2D eigenvalue weighted by atomic mass is 10.1. The van der Waals surface area contributed by atoms with Gasteiger partial charge in [0.15, 0.2) is 17.2 Å². The Balaban J connectivity index is 2.48. The van der Waals surface area contributed by atoms with E-state index in [0.29, 0.717) is 0 Å². The van der Waals surface area contributed by atoms with Crippen LogP contribution in [-0.4, -0.2) is 84.0 Å². The van der Waals surface area contributed by atoms with Crippen LogP contribution in [0.1, 0.15) is 43.1 Å². The lowest BCUT2D eigenvalue weighted by Gasteiger charge is -2.21.